The predicted molar refractivity (Wildman–Crippen MR) is 126 cm³/mol. The molecule has 0 bridgehead atoms. The van der Waals surface area contributed by atoms with Gasteiger partial charge in [0.05, 0.1) is 28.9 Å². The van der Waals surface area contributed by atoms with Crippen LogP contribution in [0.3, 0.4) is 0 Å². The Morgan fingerprint density at radius 2 is 1.71 bits per heavy atom. The van der Waals surface area contributed by atoms with Crippen LogP contribution in [0.15, 0.2) is 77.8 Å². The van der Waals surface area contributed by atoms with Crippen molar-refractivity contribution in [1.29, 1.82) is 0 Å². The van der Waals surface area contributed by atoms with E-state index in [1.165, 1.54) is 11.4 Å². The maximum atomic E-state index is 11.8. The van der Waals surface area contributed by atoms with Gasteiger partial charge in [-0.3, -0.25) is 4.31 Å². The fourth-order valence-electron chi connectivity index (χ4n) is 3.35. The number of aromatic nitrogens is 1. The average Bonchev–Trinajstić information content (AvgIpc) is 3.07. The Bertz CT molecular complexity index is 1380. The van der Waals surface area contributed by atoms with Crippen molar-refractivity contribution < 1.29 is 13.5 Å². The number of nitrogen functional groups attached to an aromatic ring is 1. The van der Waals surface area contributed by atoms with Crippen LogP contribution in [0.4, 0.5) is 17.1 Å². The summed E-state index contributed by atoms with van der Waals surface area (Å²) < 4.78 is 24.8. The van der Waals surface area contributed by atoms with E-state index in [2.05, 4.69) is 4.98 Å². The number of nitrogens with one attached hydrogen (secondary N) is 1. The highest BCUT2D eigenvalue weighted by atomic mass is 32.2. The van der Waals surface area contributed by atoms with Crippen molar-refractivity contribution in [2.24, 2.45) is 4.99 Å². The van der Waals surface area contributed by atoms with E-state index in [4.69, 9.17) is 10.7 Å². The van der Waals surface area contributed by atoms with E-state index in [0.717, 1.165) is 22.7 Å². The lowest BCUT2D eigenvalue weighted by Crippen LogP contribution is -2.24. The first-order valence-electron chi connectivity index (χ1n) is 9.52. The highest BCUT2D eigenvalue weighted by molar-refractivity contribution is 7.92. The lowest BCUT2D eigenvalue weighted by atomic mass is 10.0. The number of hydrogen-bond acceptors (Lipinski definition) is 5. The molecule has 7 nitrogen and oxygen atoms in total. The summed E-state index contributed by atoms with van der Waals surface area (Å²) in [6.45, 7) is 0. The lowest BCUT2D eigenvalue weighted by Gasteiger charge is -2.16. The zero-order chi connectivity index (χ0) is 22.2. The van der Waals surface area contributed by atoms with Gasteiger partial charge in [0, 0.05) is 29.2 Å². The molecule has 4 rings (SSSR count). The van der Waals surface area contributed by atoms with Crippen LogP contribution in [0.5, 0.6) is 5.88 Å². The van der Waals surface area contributed by atoms with Gasteiger partial charge in [-0.25, -0.2) is 13.4 Å². The molecule has 0 aliphatic heterocycles. The fourth-order valence-corrected chi connectivity index (χ4v) is 3.86. The number of benzene rings is 3. The Morgan fingerprint density at radius 3 is 2.35 bits per heavy atom. The number of aromatic hydroxyl groups is 1. The lowest BCUT2D eigenvalue weighted by molar-refractivity contribution is 0.457. The van der Waals surface area contributed by atoms with Crippen molar-refractivity contribution in [3.05, 3.63) is 83.9 Å². The summed E-state index contributed by atoms with van der Waals surface area (Å²) in [7, 11) is -1.86. The van der Waals surface area contributed by atoms with E-state index in [9.17, 15) is 13.5 Å². The summed E-state index contributed by atoms with van der Waals surface area (Å²) in [6.07, 6.45) is 1.15. The van der Waals surface area contributed by atoms with E-state index in [-0.39, 0.29) is 5.88 Å². The Balaban J connectivity index is 1.87. The molecule has 0 aliphatic carbocycles. The van der Waals surface area contributed by atoms with Crippen molar-refractivity contribution in [2.75, 3.05) is 23.3 Å². The van der Waals surface area contributed by atoms with Crippen molar-refractivity contribution in [2.45, 2.75) is 0 Å². The molecule has 158 valence electrons. The molecule has 4 aromatic rings. The molecular weight excluding hydrogens is 412 g/mol. The topological polar surface area (TPSA) is 112 Å². The highest BCUT2D eigenvalue weighted by Gasteiger charge is 2.19. The van der Waals surface area contributed by atoms with Gasteiger partial charge in [0.15, 0.2) is 5.88 Å². The van der Waals surface area contributed by atoms with Crippen LogP contribution < -0.4 is 10.0 Å². The monoisotopic (exact) mass is 434 g/mol. The molecular formula is C23H22N4O3S. The van der Waals surface area contributed by atoms with Crippen molar-refractivity contribution in [3.8, 4) is 5.88 Å². The second kappa shape index (κ2) is 7.81. The second-order valence-electron chi connectivity index (χ2n) is 7.23. The van der Waals surface area contributed by atoms with Crippen molar-refractivity contribution in [1.82, 2.24) is 4.98 Å². The number of rotatable bonds is 5. The number of aliphatic imine (C=N–C) groups is 1. The number of hydrogen-bond donors (Lipinski definition) is 3. The molecule has 0 saturated carbocycles. The molecule has 4 N–H and O–H groups in total. The molecule has 0 aliphatic rings. The molecule has 0 radical (unpaired) electrons. The Labute approximate surface area is 180 Å². The van der Waals surface area contributed by atoms with E-state index < -0.39 is 10.0 Å². The third-order valence-electron chi connectivity index (χ3n) is 5.04. The largest absolute Gasteiger partial charge is 0.494 e. The zero-order valence-electron chi connectivity index (χ0n) is 17.1. The molecule has 8 heteroatoms. The van der Waals surface area contributed by atoms with Crippen LogP contribution in [0.1, 0.15) is 11.1 Å². The van der Waals surface area contributed by atoms with Gasteiger partial charge in [-0.15, -0.1) is 0 Å². The van der Waals surface area contributed by atoms with Gasteiger partial charge >= 0.3 is 0 Å². The van der Waals surface area contributed by atoms with Gasteiger partial charge in [0.1, 0.15) is 0 Å². The van der Waals surface area contributed by atoms with Gasteiger partial charge < -0.3 is 15.8 Å². The quantitative estimate of drug-likeness (QED) is 0.325. The Kier molecular flexibility index (Phi) is 5.16. The summed E-state index contributed by atoms with van der Waals surface area (Å²) in [6, 6.07) is 21.7. The first kappa shape index (κ1) is 20.5. The summed E-state index contributed by atoms with van der Waals surface area (Å²) in [5.74, 6) is -0.00312. The standard InChI is InChI=1S/C23H22N4O3S/c1-27(31(2,29)30)18-11-9-17(10-12-18)25-22(15-6-4-3-5-7-15)21-19-14-16(24)8-13-20(19)26-23(21)28/h3-14,26,28H,24H2,1-2H3. The van der Waals surface area contributed by atoms with E-state index in [0.29, 0.717) is 28.3 Å². The van der Waals surface area contributed by atoms with Gasteiger partial charge in [-0.05, 0) is 42.5 Å². The van der Waals surface area contributed by atoms with E-state index >= 15 is 0 Å². The fraction of sp³-hybridized carbons (Fsp3) is 0.0870. The number of anilines is 2. The summed E-state index contributed by atoms with van der Waals surface area (Å²) in [5.41, 5.74) is 10.4. The van der Waals surface area contributed by atoms with E-state index in [1.807, 2.05) is 36.4 Å². The summed E-state index contributed by atoms with van der Waals surface area (Å²) >= 11 is 0. The molecule has 0 spiro atoms. The van der Waals surface area contributed by atoms with Crippen LogP contribution >= 0.6 is 0 Å². The maximum Gasteiger partial charge on any atom is 0.231 e. The smallest absolute Gasteiger partial charge is 0.231 e. The van der Waals surface area contributed by atoms with Crippen molar-refractivity contribution >= 4 is 43.7 Å². The number of aromatic amines is 1. The second-order valence-corrected chi connectivity index (χ2v) is 9.24. The van der Waals surface area contributed by atoms with Crippen LogP contribution in [0.25, 0.3) is 10.9 Å². The normalized spacial score (nSPS) is 12.3. The minimum atomic E-state index is -3.36. The third kappa shape index (κ3) is 4.10. The molecule has 3 aromatic carbocycles. The first-order valence-corrected chi connectivity index (χ1v) is 11.4. The Morgan fingerprint density at radius 1 is 1.03 bits per heavy atom. The van der Waals surface area contributed by atoms with Gasteiger partial charge in [-0.1, -0.05) is 30.3 Å². The first-order chi connectivity index (χ1) is 14.7. The van der Waals surface area contributed by atoms with Gasteiger partial charge in [-0.2, -0.15) is 0 Å². The molecule has 0 saturated heterocycles. The zero-order valence-corrected chi connectivity index (χ0v) is 17.9. The number of nitrogens with two attached hydrogens (primary N) is 1. The predicted octanol–water partition coefficient (Wildman–Crippen LogP) is 4.02. The minimum Gasteiger partial charge on any atom is -0.494 e. The molecule has 0 atom stereocenters. The number of sulfonamides is 1. The van der Waals surface area contributed by atoms with Gasteiger partial charge in [0.25, 0.3) is 0 Å². The number of nitrogens with zero attached hydrogens (tertiary/aromatic N) is 2. The molecule has 1 aromatic heterocycles. The third-order valence-corrected chi connectivity index (χ3v) is 6.24. The molecule has 1 heterocycles. The summed E-state index contributed by atoms with van der Waals surface area (Å²) in [5, 5.41) is 11.4. The van der Waals surface area contributed by atoms with Gasteiger partial charge in [0.2, 0.25) is 10.0 Å². The van der Waals surface area contributed by atoms with Crippen LogP contribution in [0.2, 0.25) is 0 Å². The SMILES string of the molecule is CN(c1ccc(N=C(c2ccccc2)c2c(O)[nH]c3ccc(N)cc23)cc1)S(C)(=O)=O. The minimum absolute atomic E-state index is 0.00312. The van der Waals surface area contributed by atoms with E-state index in [1.54, 1.807) is 36.4 Å². The average molecular weight is 435 g/mol. The van der Waals surface area contributed by atoms with Crippen LogP contribution in [-0.2, 0) is 10.0 Å². The summed E-state index contributed by atoms with van der Waals surface area (Å²) in [4.78, 5) is 7.78. The molecule has 31 heavy (non-hydrogen) atoms. The number of H-pyrrole nitrogens is 1. The van der Waals surface area contributed by atoms with Crippen molar-refractivity contribution in [3.63, 3.8) is 0 Å². The maximum absolute atomic E-state index is 11.8. The van der Waals surface area contributed by atoms with Crippen LogP contribution in [0, 0.1) is 0 Å². The highest BCUT2D eigenvalue weighted by Crippen LogP contribution is 2.33. The number of fused-ring (bicyclic) bond motifs is 1. The Hall–Kier alpha value is -3.78. The van der Waals surface area contributed by atoms with Crippen LogP contribution in [-0.4, -0.2) is 37.5 Å². The molecule has 0 amide bonds. The molecule has 0 fully saturated rings. The molecule has 0 unspecified atom stereocenters.